The first kappa shape index (κ1) is 20.3. The SMILES string of the molecule is CN=C(NCCC(=O)N1CCCCC1C)NCC(=O)NC(C)(C)C. The van der Waals surface area contributed by atoms with Gasteiger partial charge < -0.3 is 20.9 Å². The van der Waals surface area contributed by atoms with Crippen LogP contribution in [0.15, 0.2) is 4.99 Å². The molecule has 7 heteroatoms. The fraction of sp³-hybridized carbons (Fsp3) is 0.824. The van der Waals surface area contributed by atoms with Crippen LogP contribution in [0.5, 0.6) is 0 Å². The Bertz CT molecular complexity index is 456. The smallest absolute Gasteiger partial charge is 0.239 e. The van der Waals surface area contributed by atoms with Crippen molar-refractivity contribution in [1.29, 1.82) is 0 Å². The van der Waals surface area contributed by atoms with Crippen LogP contribution in [0, 0.1) is 0 Å². The molecule has 0 aromatic heterocycles. The number of rotatable bonds is 5. The van der Waals surface area contributed by atoms with Gasteiger partial charge in [-0.25, -0.2) is 0 Å². The molecule has 1 unspecified atom stereocenters. The fourth-order valence-corrected chi connectivity index (χ4v) is 2.75. The van der Waals surface area contributed by atoms with Crippen molar-refractivity contribution in [3.05, 3.63) is 0 Å². The molecule has 3 N–H and O–H groups in total. The number of hydrogen-bond donors (Lipinski definition) is 3. The summed E-state index contributed by atoms with van der Waals surface area (Å²) in [6.07, 6.45) is 3.82. The predicted molar refractivity (Wildman–Crippen MR) is 96.9 cm³/mol. The Balaban J connectivity index is 2.29. The standard InChI is InChI=1S/C17H33N5O2/c1-13-8-6-7-11-22(13)15(24)9-10-19-16(18-5)20-12-14(23)21-17(2,3)4/h13H,6-12H2,1-5H3,(H,21,23)(H2,18,19,20). The summed E-state index contributed by atoms with van der Waals surface area (Å²) in [5.41, 5.74) is -0.257. The van der Waals surface area contributed by atoms with Gasteiger partial charge in [0.25, 0.3) is 0 Å². The Hall–Kier alpha value is -1.79. The molecule has 1 rings (SSSR count). The van der Waals surface area contributed by atoms with E-state index in [9.17, 15) is 9.59 Å². The second-order valence-electron chi connectivity index (χ2n) is 7.33. The Morgan fingerprint density at radius 1 is 1.21 bits per heavy atom. The van der Waals surface area contributed by atoms with Crippen molar-refractivity contribution in [2.75, 3.05) is 26.7 Å². The second kappa shape index (κ2) is 9.49. The van der Waals surface area contributed by atoms with Gasteiger partial charge in [-0.05, 0) is 47.0 Å². The van der Waals surface area contributed by atoms with Crippen LogP contribution in [0.4, 0.5) is 0 Å². The number of nitrogens with zero attached hydrogens (tertiary/aromatic N) is 2. The van der Waals surface area contributed by atoms with Crippen LogP contribution in [0.2, 0.25) is 0 Å². The number of nitrogens with one attached hydrogen (secondary N) is 3. The lowest BCUT2D eigenvalue weighted by Gasteiger charge is -2.33. The first-order valence-electron chi connectivity index (χ1n) is 8.78. The molecule has 0 spiro atoms. The van der Waals surface area contributed by atoms with E-state index in [-0.39, 0.29) is 23.9 Å². The number of amides is 2. The highest BCUT2D eigenvalue weighted by Gasteiger charge is 2.22. The van der Waals surface area contributed by atoms with E-state index in [1.54, 1.807) is 7.05 Å². The van der Waals surface area contributed by atoms with E-state index in [1.807, 2.05) is 25.7 Å². The van der Waals surface area contributed by atoms with E-state index < -0.39 is 0 Å². The van der Waals surface area contributed by atoms with Crippen LogP contribution >= 0.6 is 0 Å². The number of guanidine groups is 1. The fourth-order valence-electron chi connectivity index (χ4n) is 2.75. The Morgan fingerprint density at radius 2 is 1.92 bits per heavy atom. The van der Waals surface area contributed by atoms with Crippen molar-refractivity contribution < 1.29 is 9.59 Å². The zero-order chi connectivity index (χ0) is 18.2. The molecule has 0 aromatic rings. The molecule has 1 aliphatic heterocycles. The number of hydrogen-bond acceptors (Lipinski definition) is 3. The van der Waals surface area contributed by atoms with Crippen LogP contribution in [0.1, 0.15) is 53.4 Å². The van der Waals surface area contributed by atoms with E-state index in [0.29, 0.717) is 25.0 Å². The number of carbonyl (C=O) groups excluding carboxylic acids is 2. The maximum Gasteiger partial charge on any atom is 0.239 e. The minimum Gasteiger partial charge on any atom is -0.356 e. The Morgan fingerprint density at radius 3 is 2.50 bits per heavy atom. The predicted octanol–water partition coefficient (Wildman–Crippen LogP) is 0.857. The minimum atomic E-state index is -0.257. The average Bonchev–Trinajstić information content (AvgIpc) is 2.49. The van der Waals surface area contributed by atoms with E-state index in [1.165, 1.54) is 6.42 Å². The van der Waals surface area contributed by atoms with Crippen LogP contribution in [-0.4, -0.2) is 60.9 Å². The molecule has 0 radical (unpaired) electrons. The zero-order valence-corrected chi connectivity index (χ0v) is 15.7. The van der Waals surface area contributed by atoms with Gasteiger partial charge in [0.05, 0.1) is 6.54 Å². The molecule has 2 amide bonds. The Labute approximate surface area is 145 Å². The molecule has 138 valence electrons. The normalized spacial score (nSPS) is 19.0. The lowest BCUT2D eigenvalue weighted by molar-refractivity contribution is -0.134. The first-order chi connectivity index (χ1) is 11.2. The zero-order valence-electron chi connectivity index (χ0n) is 15.7. The van der Waals surface area contributed by atoms with E-state index in [0.717, 1.165) is 19.4 Å². The molecule has 7 nitrogen and oxygen atoms in total. The van der Waals surface area contributed by atoms with Crippen molar-refractivity contribution in [3.8, 4) is 0 Å². The number of aliphatic imine (C=N–C) groups is 1. The summed E-state index contributed by atoms with van der Waals surface area (Å²) in [5.74, 6) is 0.609. The third-order valence-electron chi connectivity index (χ3n) is 3.91. The first-order valence-corrected chi connectivity index (χ1v) is 8.78. The van der Waals surface area contributed by atoms with E-state index in [4.69, 9.17) is 0 Å². The van der Waals surface area contributed by atoms with Gasteiger partial charge in [-0.2, -0.15) is 0 Å². The number of carbonyl (C=O) groups is 2. The molecular formula is C17H33N5O2. The van der Waals surface area contributed by atoms with Crippen molar-refractivity contribution in [2.45, 2.75) is 65.0 Å². The third-order valence-corrected chi connectivity index (χ3v) is 3.91. The maximum atomic E-state index is 12.3. The molecule has 1 saturated heterocycles. The van der Waals surface area contributed by atoms with Crippen LogP contribution in [0.3, 0.4) is 0 Å². The van der Waals surface area contributed by atoms with Crippen molar-refractivity contribution in [3.63, 3.8) is 0 Å². The highest BCUT2D eigenvalue weighted by atomic mass is 16.2. The number of likely N-dealkylation sites (tertiary alicyclic amines) is 1. The summed E-state index contributed by atoms with van der Waals surface area (Å²) >= 11 is 0. The number of piperidine rings is 1. The molecule has 0 saturated carbocycles. The van der Waals surface area contributed by atoms with Gasteiger partial charge in [0.1, 0.15) is 0 Å². The van der Waals surface area contributed by atoms with Crippen molar-refractivity contribution in [2.24, 2.45) is 4.99 Å². The van der Waals surface area contributed by atoms with Crippen molar-refractivity contribution in [1.82, 2.24) is 20.9 Å². The molecule has 1 aliphatic rings. The molecule has 0 aliphatic carbocycles. The van der Waals surface area contributed by atoms with Crippen molar-refractivity contribution >= 4 is 17.8 Å². The van der Waals surface area contributed by atoms with Gasteiger partial charge in [0, 0.05) is 38.1 Å². The molecule has 0 bridgehead atoms. The molecule has 1 heterocycles. The van der Waals surface area contributed by atoms with Gasteiger partial charge in [-0.1, -0.05) is 0 Å². The summed E-state index contributed by atoms with van der Waals surface area (Å²) in [4.78, 5) is 30.1. The maximum absolute atomic E-state index is 12.3. The lowest BCUT2D eigenvalue weighted by Crippen LogP contribution is -2.48. The van der Waals surface area contributed by atoms with Crippen LogP contribution in [0.25, 0.3) is 0 Å². The molecule has 1 atom stereocenters. The van der Waals surface area contributed by atoms with Crippen LogP contribution < -0.4 is 16.0 Å². The van der Waals surface area contributed by atoms with Gasteiger partial charge in [0.15, 0.2) is 5.96 Å². The lowest BCUT2D eigenvalue weighted by atomic mass is 10.0. The van der Waals surface area contributed by atoms with Gasteiger partial charge in [-0.3, -0.25) is 14.6 Å². The van der Waals surface area contributed by atoms with Gasteiger partial charge in [0.2, 0.25) is 11.8 Å². The largest absolute Gasteiger partial charge is 0.356 e. The molecule has 24 heavy (non-hydrogen) atoms. The minimum absolute atomic E-state index is 0.0938. The summed E-state index contributed by atoms with van der Waals surface area (Å²) in [5, 5.41) is 8.92. The summed E-state index contributed by atoms with van der Waals surface area (Å²) in [7, 11) is 1.64. The van der Waals surface area contributed by atoms with Crippen LogP contribution in [-0.2, 0) is 9.59 Å². The van der Waals surface area contributed by atoms with E-state index in [2.05, 4.69) is 27.9 Å². The average molecular weight is 339 g/mol. The molecule has 1 fully saturated rings. The highest BCUT2D eigenvalue weighted by Crippen LogP contribution is 2.16. The topological polar surface area (TPSA) is 85.8 Å². The summed E-state index contributed by atoms with van der Waals surface area (Å²) < 4.78 is 0. The summed E-state index contributed by atoms with van der Waals surface area (Å²) in [6.45, 7) is 9.43. The van der Waals surface area contributed by atoms with Gasteiger partial charge >= 0.3 is 0 Å². The molecule has 0 aromatic carbocycles. The third kappa shape index (κ3) is 7.66. The summed E-state index contributed by atoms with van der Waals surface area (Å²) in [6, 6.07) is 0.338. The molecular weight excluding hydrogens is 306 g/mol. The Kier molecular flexibility index (Phi) is 8.01. The van der Waals surface area contributed by atoms with Gasteiger partial charge in [-0.15, -0.1) is 0 Å². The van der Waals surface area contributed by atoms with E-state index >= 15 is 0 Å². The monoisotopic (exact) mass is 339 g/mol. The quantitative estimate of drug-likeness (QED) is 0.512. The highest BCUT2D eigenvalue weighted by molar-refractivity contribution is 5.87. The second-order valence-corrected chi connectivity index (χ2v) is 7.33.